The minimum atomic E-state index is 0.0524. The molecule has 1 fully saturated rings. The van der Waals surface area contributed by atoms with Crippen molar-refractivity contribution in [2.24, 2.45) is 5.92 Å². The number of β-amino-alcohol motifs (C(OH)–C–C–N with tert-alkyl or cyclic N) is 1. The second-order valence-corrected chi connectivity index (χ2v) is 5.54. The number of rotatable bonds is 2. The molecule has 2 aliphatic rings. The second-order valence-electron chi connectivity index (χ2n) is 3.03. The summed E-state index contributed by atoms with van der Waals surface area (Å²) in [6, 6.07) is 0. The Morgan fingerprint density at radius 1 is 1.46 bits per heavy atom. The molecule has 13 heavy (non-hydrogen) atoms. The zero-order chi connectivity index (χ0) is 9.26. The van der Waals surface area contributed by atoms with Crippen LogP contribution in [0, 0.1) is 5.92 Å². The summed E-state index contributed by atoms with van der Waals surface area (Å²) in [6.07, 6.45) is 7.99. The monoisotopic (exact) mass is 245 g/mol. The van der Waals surface area contributed by atoms with Crippen LogP contribution in [0.4, 0.5) is 0 Å². The van der Waals surface area contributed by atoms with Crippen LogP contribution in [0.1, 0.15) is 0 Å². The predicted molar refractivity (Wildman–Crippen MR) is 50.1 cm³/mol. The first-order valence-corrected chi connectivity index (χ1v) is 6.02. The topological polar surface area (TPSA) is 40.5 Å². The number of nitrogens with zero attached hydrogens (tertiary/aromatic N) is 1. The van der Waals surface area contributed by atoms with E-state index in [1.807, 2.05) is 18.2 Å². The SMILES string of the molecule is O=C1C2C=CC=CC2[Se]N1CCO. The zero-order valence-electron chi connectivity index (χ0n) is 7.09. The number of hydrogen-bond donors (Lipinski definition) is 1. The molecule has 1 N–H and O–H groups in total. The molecule has 0 saturated carbocycles. The average Bonchev–Trinajstić information content (AvgIpc) is 2.46. The third-order valence-corrected chi connectivity index (χ3v) is 4.92. The molecule has 2 rings (SSSR count). The van der Waals surface area contributed by atoms with E-state index in [0.717, 1.165) is 0 Å². The van der Waals surface area contributed by atoms with E-state index in [4.69, 9.17) is 5.11 Å². The van der Waals surface area contributed by atoms with E-state index in [9.17, 15) is 4.79 Å². The number of amides is 1. The van der Waals surface area contributed by atoms with E-state index in [1.54, 1.807) is 3.92 Å². The molecule has 3 nitrogen and oxygen atoms in total. The summed E-state index contributed by atoms with van der Waals surface area (Å²) in [7, 11) is 0. The van der Waals surface area contributed by atoms with Crippen LogP contribution in [0.25, 0.3) is 0 Å². The van der Waals surface area contributed by atoms with Gasteiger partial charge in [0.05, 0.1) is 0 Å². The van der Waals surface area contributed by atoms with E-state index in [1.165, 1.54) is 0 Å². The summed E-state index contributed by atoms with van der Waals surface area (Å²) >= 11 is 0.186. The Labute approximate surface area is 83.5 Å². The second kappa shape index (κ2) is 3.66. The molecular weight excluding hydrogens is 233 g/mol. The number of hydrogen-bond acceptors (Lipinski definition) is 2. The van der Waals surface area contributed by atoms with Crippen LogP contribution < -0.4 is 0 Å². The molecule has 1 amide bonds. The number of carbonyl (C=O) groups excluding carboxylic acids is 1. The van der Waals surface area contributed by atoms with E-state index in [2.05, 4.69) is 6.08 Å². The number of allylic oxidation sites excluding steroid dienone is 3. The van der Waals surface area contributed by atoms with Crippen LogP contribution in [0.5, 0.6) is 0 Å². The molecule has 4 heteroatoms. The number of aliphatic hydroxyl groups is 1. The van der Waals surface area contributed by atoms with Crippen LogP contribution in [0.2, 0.25) is 4.82 Å². The van der Waals surface area contributed by atoms with Crippen molar-refractivity contribution in [3.05, 3.63) is 24.3 Å². The number of fused-ring (bicyclic) bond motifs is 1. The van der Waals surface area contributed by atoms with Crippen LogP contribution in [-0.4, -0.2) is 43.3 Å². The Bertz CT molecular complexity index is 275. The first kappa shape index (κ1) is 9.00. The van der Waals surface area contributed by atoms with Gasteiger partial charge < -0.3 is 0 Å². The fourth-order valence-electron chi connectivity index (χ4n) is 1.53. The normalized spacial score (nSPS) is 31.2. The minimum absolute atomic E-state index is 0.0524. The molecule has 0 aromatic rings. The Morgan fingerprint density at radius 2 is 2.23 bits per heavy atom. The van der Waals surface area contributed by atoms with Crippen LogP contribution >= 0.6 is 0 Å². The van der Waals surface area contributed by atoms with Crippen LogP contribution in [0.15, 0.2) is 24.3 Å². The Balaban J connectivity index is 2.11. The molecule has 70 valence electrons. The number of carbonyl (C=O) groups is 1. The van der Waals surface area contributed by atoms with Crippen molar-refractivity contribution in [1.29, 1.82) is 0 Å². The maximum absolute atomic E-state index is 11.7. The summed E-state index contributed by atoms with van der Waals surface area (Å²) in [5.41, 5.74) is 0. The fraction of sp³-hybridized carbons (Fsp3) is 0.444. The third kappa shape index (κ3) is 1.57. The van der Waals surface area contributed by atoms with Gasteiger partial charge in [-0.05, 0) is 0 Å². The Kier molecular flexibility index (Phi) is 2.53. The van der Waals surface area contributed by atoms with Crippen molar-refractivity contribution >= 4 is 21.1 Å². The summed E-state index contributed by atoms with van der Waals surface area (Å²) in [5.74, 6) is 0.233. The van der Waals surface area contributed by atoms with Gasteiger partial charge in [-0.15, -0.1) is 0 Å². The van der Waals surface area contributed by atoms with Gasteiger partial charge in [0.2, 0.25) is 0 Å². The first-order chi connectivity index (χ1) is 6.33. The molecule has 1 aliphatic heterocycles. The van der Waals surface area contributed by atoms with E-state index < -0.39 is 0 Å². The molecule has 1 aliphatic carbocycles. The standard InChI is InChI=1S/C9H11NO2Se/c11-6-5-10-9(12)7-3-1-2-4-8(7)13-10/h1-4,7-8,11H,5-6H2. The fourth-order valence-corrected chi connectivity index (χ4v) is 4.06. The molecule has 0 bridgehead atoms. The van der Waals surface area contributed by atoms with Crippen molar-refractivity contribution in [1.82, 2.24) is 3.92 Å². The summed E-state index contributed by atoms with van der Waals surface area (Å²) in [6.45, 7) is 0.563. The molecule has 0 aromatic carbocycles. The van der Waals surface area contributed by atoms with Crippen molar-refractivity contribution < 1.29 is 9.90 Å². The van der Waals surface area contributed by atoms with Gasteiger partial charge in [0, 0.05) is 0 Å². The van der Waals surface area contributed by atoms with Gasteiger partial charge in [-0.25, -0.2) is 0 Å². The van der Waals surface area contributed by atoms with E-state index >= 15 is 0 Å². The van der Waals surface area contributed by atoms with Crippen molar-refractivity contribution in [3.8, 4) is 0 Å². The van der Waals surface area contributed by atoms with Crippen molar-refractivity contribution in [3.63, 3.8) is 0 Å². The van der Waals surface area contributed by atoms with Gasteiger partial charge in [0.15, 0.2) is 0 Å². The van der Waals surface area contributed by atoms with Crippen LogP contribution in [0.3, 0.4) is 0 Å². The molecule has 2 atom stereocenters. The molecular formula is C9H11NO2Se. The Morgan fingerprint density at radius 3 is 2.92 bits per heavy atom. The van der Waals surface area contributed by atoms with Gasteiger partial charge in [-0.1, -0.05) is 0 Å². The van der Waals surface area contributed by atoms with Gasteiger partial charge in [-0.3, -0.25) is 0 Å². The van der Waals surface area contributed by atoms with E-state index in [-0.39, 0.29) is 33.6 Å². The third-order valence-electron chi connectivity index (χ3n) is 2.17. The summed E-state index contributed by atoms with van der Waals surface area (Å²) in [5, 5.41) is 8.76. The summed E-state index contributed by atoms with van der Waals surface area (Å²) < 4.78 is 1.79. The van der Waals surface area contributed by atoms with Crippen LogP contribution in [-0.2, 0) is 4.79 Å². The molecule has 1 saturated heterocycles. The van der Waals surface area contributed by atoms with Crippen molar-refractivity contribution in [2.45, 2.75) is 4.82 Å². The molecule has 0 aromatic heterocycles. The first-order valence-electron chi connectivity index (χ1n) is 4.27. The van der Waals surface area contributed by atoms with Gasteiger partial charge in [0.1, 0.15) is 0 Å². The molecule has 0 spiro atoms. The van der Waals surface area contributed by atoms with Crippen molar-refractivity contribution in [2.75, 3.05) is 13.2 Å². The number of aliphatic hydroxyl groups excluding tert-OH is 1. The zero-order valence-corrected chi connectivity index (χ0v) is 8.80. The predicted octanol–water partition coefficient (Wildman–Crippen LogP) is -0.0292. The maximum atomic E-state index is 11.7. The molecule has 1 heterocycles. The molecule has 0 radical (unpaired) electrons. The van der Waals surface area contributed by atoms with Gasteiger partial charge in [-0.2, -0.15) is 0 Å². The molecule has 2 unspecified atom stereocenters. The Hall–Kier alpha value is -0.571. The van der Waals surface area contributed by atoms with Gasteiger partial charge >= 0.3 is 83.1 Å². The average molecular weight is 244 g/mol. The van der Waals surface area contributed by atoms with E-state index in [0.29, 0.717) is 11.4 Å². The van der Waals surface area contributed by atoms with Gasteiger partial charge in [0.25, 0.3) is 0 Å². The quantitative estimate of drug-likeness (QED) is 0.693. The summed E-state index contributed by atoms with van der Waals surface area (Å²) in [4.78, 5) is 12.1.